The van der Waals surface area contributed by atoms with Gasteiger partial charge in [-0.25, -0.2) is 0 Å². The van der Waals surface area contributed by atoms with Crippen LogP contribution in [0.1, 0.15) is 50.7 Å². The van der Waals surface area contributed by atoms with Gasteiger partial charge in [0.2, 0.25) is 0 Å². The summed E-state index contributed by atoms with van der Waals surface area (Å²) in [6, 6.07) is 8.42. The van der Waals surface area contributed by atoms with Gasteiger partial charge >= 0.3 is 0 Å². The molecule has 0 unspecified atom stereocenters. The van der Waals surface area contributed by atoms with Crippen molar-refractivity contribution in [2.75, 3.05) is 0 Å². The largest absolute Gasteiger partial charge is 0.390 e. The number of aliphatic hydroxyl groups is 1. The first-order chi connectivity index (χ1) is 7.89. The van der Waals surface area contributed by atoms with E-state index in [0.717, 1.165) is 12.8 Å². The van der Waals surface area contributed by atoms with Crippen molar-refractivity contribution in [1.82, 2.24) is 0 Å². The maximum Gasteiger partial charge on any atom is 0.0631 e. The third-order valence-electron chi connectivity index (χ3n) is 3.63. The summed E-state index contributed by atoms with van der Waals surface area (Å²) in [5.74, 6) is 0. The molecule has 0 aromatic heterocycles. The van der Waals surface area contributed by atoms with E-state index in [4.69, 9.17) is 5.73 Å². The first-order valence-electron chi connectivity index (χ1n) is 6.50. The zero-order valence-electron chi connectivity index (χ0n) is 10.9. The molecule has 17 heavy (non-hydrogen) atoms. The van der Waals surface area contributed by atoms with Crippen LogP contribution < -0.4 is 5.73 Å². The summed E-state index contributed by atoms with van der Waals surface area (Å²) in [6.07, 6.45) is 5.30. The first-order valence-corrected chi connectivity index (χ1v) is 6.50. The smallest absolute Gasteiger partial charge is 0.0631 e. The van der Waals surface area contributed by atoms with Crippen molar-refractivity contribution in [3.63, 3.8) is 0 Å². The van der Waals surface area contributed by atoms with Gasteiger partial charge in [-0.15, -0.1) is 0 Å². The average Bonchev–Trinajstić information content (AvgIpc) is 2.64. The van der Waals surface area contributed by atoms with Crippen LogP contribution in [-0.2, 0) is 12.0 Å². The molecule has 1 aliphatic rings. The highest BCUT2D eigenvalue weighted by Crippen LogP contribution is 2.36. The molecule has 0 bridgehead atoms. The Hall–Kier alpha value is -0.860. The molecule has 0 radical (unpaired) electrons. The molecule has 0 aliphatic heterocycles. The van der Waals surface area contributed by atoms with Crippen molar-refractivity contribution < 1.29 is 5.11 Å². The van der Waals surface area contributed by atoms with E-state index in [1.165, 1.54) is 24.0 Å². The van der Waals surface area contributed by atoms with Gasteiger partial charge in [-0.1, -0.05) is 37.1 Å². The van der Waals surface area contributed by atoms with Crippen molar-refractivity contribution in [3.05, 3.63) is 35.4 Å². The minimum absolute atomic E-state index is 0.129. The fourth-order valence-electron chi connectivity index (χ4n) is 2.79. The second kappa shape index (κ2) is 4.43. The van der Waals surface area contributed by atoms with Crippen LogP contribution in [0.4, 0.5) is 0 Å². The Morgan fingerprint density at radius 3 is 2.53 bits per heavy atom. The molecule has 0 spiro atoms. The lowest BCUT2D eigenvalue weighted by Crippen LogP contribution is -2.33. The van der Waals surface area contributed by atoms with Crippen LogP contribution in [0.15, 0.2) is 24.3 Å². The second-order valence-electron chi connectivity index (χ2n) is 6.05. The molecule has 0 atom stereocenters. The molecule has 1 aromatic rings. The summed E-state index contributed by atoms with van der Waals surface area (Å²) in [5.41, 5.74) is 8.07. The molecule has 0 saturated heterocycles. The Morgan fingerprint density at radius 1 is 1.29 bits per heavy atom. The fraction of sp³-hybridized carbons (Fsp3) is 0.600. The van der Waals surface area contributed by atoms with E-state index in [0.29, 0.717) is 6.42 Å². The zero-order valence-corrected chi connectivity index (χ0v) is 10.9. The van der Waals surface area contributed by atoms with Gasteiger partial charge in [-0.05, 0) is 37.8 Å². The molecule has 1 saturated carbocycles. The molecule has 0 amide bonds. The number of rotatable bonds is 3. The molecule has 2 rings (SSSR count). The summed E-state index contributed by atoms with van der Waals surface area (Å²) in [6.45, 7) is 3.68. The molecular weight excluding hydrogens is 210 g/mol. The normalized spacial score (nSPS) is 19.5. The molecule has 94 valence electrons. The Balaban J connectivity index is 2.22. The van der Waals surface area contributed by atoms with Gasteiger partial charge in [0.05, 0.1) is 5.60 Å². The third kappa shape index (κ3) is 3.08. The van der Waals surface area contributed by atoms with Crippen molar-refractivity contribution in [3.8, 4) is 0 Å². The average molecular weight is 233 g/mol. The van der Waals surface area contributed by atoms with E-state index in [1.807, 2.05) is 13.8 Å². The van der Waals surface area contributed by atoms with E-state index in [9.17, 15) is 5.11 Å². The van der Waals surface area contributed by atoms with Crippen LogP contribution in [0.25, 0.3) is 0 Å². The van der Waals surface area contributed by atoms with E-state index < -0.39 is 5.60 Å². The van der Waals surface area contributed by atoms with Crippen LogP contribution in [0.5, 0.6) is 0 Å². The summed E-state index contributed by atoms with van der Waals surface area (Å²) in [7, 11) is 0. The minimum Gasteiger partial charge on any atom is -0.390 e. The second-order valence-corrected chi connectivity index (χ2v) is 6.05. The van der Waals surface area contributed by atoms with Gasteiger partial charge in [0.15, 0.2) is 0 Å². The van der Waals surface area contributed by atoms with Crippen LogP contribution in [0.3, 0.4) is 0 Å². The molecule has 3 N–H and O–H groups in total. The summed E-state index contributed by atoms with van der Waals surface area (Å²) < 4.78 is 0. The van der Waals surface area contributed by atoms with E-state index in [-0.39, 0.29) is 5.54 Å². The predicted octanol–water partition coefficient (Wildman–Crippen LogP) is 2.73. The van der Waals surface area contributed by atoms with Crippen molar-refractivity contribution in [2.45, 2.75) is 57.1 Å². The maximum absolute atomic E-state index is 9.86. The van der Waals surface area contributed by atoms with Gasteiger partial charge in [0.1, 0.15) is 0 Å². The highest BCUT2D eigenvalue weighted by molar-refractivity contribution is 5.31. The Labute approximate surface area is 104 Å². The zero-order chi connectivity index (χ0) is 12.5. The lowest BCUT2D eigenvalue weighted by Gasteiger charge is -2.25. The maximum atomic E-state index is 9.86. The van der Waals surface area contributed by atoms with E-state index >= 15 is 0 Å². The van der Waals surface area contributed by atoms with Crippen molar-refractivity contribution >= 4 is 0 Å². The topological polar surface area (TPSA) is 46.2 Å². The molecule has 2 heteroatoms. The van der Waals surface area contributed by atoms with E-state index in [2.05, 4.69) is 24.3 Å². The number of nitrogens with two attached hydrogens (primary N) is 1. The monoisotopic (exact) mass is 233 g/mol. The SMILES string of the molecule is CC(C)(O)Cc1cccc(C2(N)CCCC2)c1. The summed E-state index contributed by atoms with van der Waals surface area (Å²) in [4.78, 5) is 0. The van der Waals surface area contributed by atoms with Crippen molar-refractivity contribution in [2.24, 2.45) is 5.73 Å². The van der Waals surface area contributed by atoms with Gasteiger partial charge in [0.25, 0.3) is 0 Å². The lowest BCUT2D eigenvalue weighted by molar-refractivity contribution is 0.0809. The van der Waals surface area contributed by atoms with Gasteiger partial charge in [0, 0.05) is 12.0 Å². The number of hydrogen-bond acceptors (Lipinski definition) is 2. The van der Waals surface area contributed by atoms with Crippen molar-refractivity contribution in [1.29, 1.82) is 0 Å². The lowest BCUT2D eigenvalue weighted by atomic mass is 9.87. The van der Waals surface area contributed by atoms with Gasteiger partial charge < -0.3 is 10.8 Å². The minimum atomic E-state index is -0.657. The quantitative estimate of drug-likeness (QED) is 0.843. The Morgan fingerprint density at radius 2 is 1.94 bits per heavy atom. The predicted molar refractivity (Wildman–Crippen MR) is 70.8 cm³/mol. The van der Waals surface area contributed by atoms with Gasteiger partial charge in [-0.3, -0.25) is 0 Å². The summed E-state index contributed by atoms with van der Waals surface area (Å²) >= 11 is 0. The Bertz CT molecular complexity index is 386. The first kappa shape index (κ1) is 12.6. The van der Waals surface area contributed by atoms with Crippen LogP contribution >= 0.6 is 0 Å². The van der Waals surface area contributed by atoms with Crippen LogP contribution in [0, 0.1) is 0 Å². The van der Waals surface area contributed by atoms with Crippen LogP contribution in [0.2, 0.25) is 0 Å². The molecule has 1 fully saturated rings. The molecule has 1 aliphatic carbocycles. The molecule has 0 heterocycles. The van der Waals surface area contributed by atoms with Crippen LogP contribution in [-0.4, -0.2) is 10.7 Å². The highest BCUT2D eigenvalue weighted by atomic mass is 16.3. The van der Waals surface area contributed by atoms with E-state index in [1.54, 1.807) is 0 Å². The molecule has 1 aromatic carbocycles. The highest BCUT2D eigenvalue weighted by Gasteiger charge is 2.31. The number of hydrogen-bond donors (Lipinski definition) is 2. The Kier molecular flexibility index (Phi) is 3.28. The fourth-order valence-corrected chi connectivity index (χ4v) is 2.79. The number of benzene rings is 1. The third-order valence-corrected chi connectivity index (χ3v) is 3.63. The molecule has 2 nitrogen and oxygen atoms in total. The molecular formula is C15H23NO. The summed E-state index contributed by atoms with van der Waals surface area (Å²) in [5, 5.41) is 9.86. The standard InChI is InChI=1S/C15H23NO/c1-14(2,17)11-12-6-5-7-13(10-12)15(16)8-3-4-9-15/h5-7,10,17H,3-4,8-9,11,16H2,1-2H3. The van der Waals surface area contributed by atoms with Gasteiger partial charge in [-0.2, -0.15) is 0 Å².